The normalized spacial score (nSPS) is 14.3. The minimum Gasteiger partial charge on any atom is -0.348 e. The number of halogens is 2. The fraction of sp³-hybridized carbons (Fsp3) is 0.364. The Kier molecular flexibility index (Phi) is 4.59. The Labute approximate surface area is 105 Å². The molecule has 2 unspecified atom stereocenters. The van der Waals surface area contributed by atoms with Crippen LogP contribution in [0.4, 0.5) is 0 Å². The highest BCUT2D eigenvalue weighted by atomic mass is 35.5. The van der Waals surface area contributed by atoms with Crippen molar-refractivity contribution in [3.05, 3.63) is 33.8 Å². The standard InChI is InChI=1S/C11H14Cl2N2O/c1-6(14)11(16)15-7(2)8-3-4-9(12)10(13)5-8/h3-7H,14H2,1-2H3,(H,15,16). The van der Waals surface area contributed by atoms with Crippen LogP contribution in [0.15, 0.2) is 18.2 Å². The van der Waals surface area contributed by atoms with E-state index in [0.717, 1.165) is 5.56 Å². The monoisotopic (exact) mass is 260 g/mol. The van der Waals surface area contributed by atoms with Gasteiger partial charge in [0.15, 0.2) is 0 Å². The molecule has 16 heavy (non-hydrogen) atoms. The lowest BCUT2D eigenvalue weighted by Crippen LogP contribution is -2.39. The van der Waals surface area contributed by atoms with Gasteiger partial charge in [-0.3, -0.25) is 4.79 Å². The molecule has 1 aromatic rings. The van der Waals surface area contributed by atoms with Gasteiger partial charge in [0.25, 0.3) is 0 Å². The minimum atomic E-state index is -0.523. The summed E-state index contributed by atoms with van der Waals surface area (Å²) in [5, 5.41) is 3.75. The molecular weight excluding hydrogens is 247 g/mol. The van der Waals surface area contributed by atoms with Crippen LogP contribution in [0.2, 0.25) is 10.0 Å². The number of nitrogens with one attached hydrogen (secondary N) is 1. The van der Waals surface area contributed by atoms with Crippen molar-refractivity contribution < 1.29 is 4.79 Å². The Morgan fingerprint density at radius 3 is 2.44 bits per heavy atom. The van der Waals surface area contributed by atoms with E-state index in [4.69, 9.17) is 28.9 Å². The number of carbonyl (C=O) groups is 1. The van der Waals surface area contributed by atoms with Crippen LogP contribution in [0.25, 0.3) is 0 Å². The van der Waals surface area contributed by atoms with Crippen LogP contribution in [0.3, 0.4) is 0 Å². The van der Waals surface area contributed by atoms with Crippen molar-refractivity contribution in [2.45, 2.75) is 25.9 Å². The van der Waals surface area contributed by atoms with Gasteiger partial charge in [0.1, 0.15) is 0 Å². The first-order valence-corrected chi connectivity index (χ1v) is 5.68. The third-order valence-electron chi connectivity index (χ3n) is 2.22. The van der Waals surface area contributed by atoms with Crippen molar-refractivity contribution in [2.75, 3.05) is 0 Å². The lowest BCUT2D eigenvalue weighted by atomic mass is 10.1. The number of hydrogen-bond acceptors (Lipinski definition) is 2. The van der Waals surface area contributed by atoms with Crippen LogP contribution in [0.1, 0.15) is 25.5 Å². The molecule has 0 bridgehead atoms. The lowest BCUT2D eigenvalue weighted by Gasteiger charge is -2.16. The largest absolute Gasteiger partial charge is 0.348 e. The minimum absolute atomic E-state index is 0.145. The van der Waals surface area contributed by atoms with Gasteiger partial charge in [-0.2, -0.15) is 0 Å². The molecule has 0 fully saturated rings. The van der Waals surface area contributed by atoms with Crippen molar-refractivity contribution in [3.63, 3.8) is 0 Å². The predicted molar refractivity (Wildman–Crippen MR) is 66.7 cm³/mol. The molecule has 0 radical (unpaired) electrons. The second-order valence-electron chi connectivity index (χ2n) is 3.69. The molecule has 0 spiro atoms. The van der Waals surface area contributed by atoms with Gasteiger partial charge < -0.3 is 11.1 Å². The second-order valence-corrected chi connectivity index (χ2v) is 4.51. The SMILES string of the molecule is CC(N)C(=O)NC(C)c1ccc(Cl)c(Cl)c1. The topological polar surface area (TPSA) is 55.1 Å². The number of hydrogen-bond donors (Lipinski definition) is 2. The molecule has 3 N–H and O–H groups in total. The van der Waals surface area contributed by atoms with Gasteiger partial charge in [0.05, 0.1) is 22.1 Å². The Balaban J connectivity index is 2.77. The highest BCUT2D eigenvalue weighted by Crippen LogP contribution is 2.25. The van der Waals surface area contributed by atoms with Gasteiger partial charge in [-0.15, -0.1) is 0 Å². The molecule has 0 aliphatic rings. The predicted octanol–water partition coefficient (Wildman–Crippen LogP) is 2.52. The molecule has 88 valence electrons. The first-order chi connectivity index (χ1) is 7.41. The van der Waals surface area contributed by atoms with Crippen molar-refractivity contribution in [3.8, 4) is 0 Å². The smallest absolute Gasteiger partial charge is 0.237 e. The fourth-order valence-corrected chi connectivity index (χ4v) is 1.52. The first-order valence-electron chi connectivity index (χ1n) is 4.92. The van der Waals surface area contributed by atoms with Gasteiger partial charge in [-0.05, 0) is 31.5 Å². The van der Waals surface area contributed by atoms with E-state index in [-0.39, 0.29) is 11.9 Å². The number of carbonyl (C=O) groups excluding carboxylic acids is 1. The molecule has 0 aliphatic carbocycles. The highest BCUT2D eigenvalue weighted by Gasteiger charge is 2.13. The van der Waals surface area contributed by atoms with E-state index in [2.05, 4.69) is 5.32 Å². The summed E-state index contributed by atoms with van der Waals surface area (Å²) >= 11 is 11.7. The van der Waals surface area contributed by atoms with Gasteiger partial charge in [-0.1, -0.05) is 29.3 Å². The van der Waals surface area contributed by atoms with E-state index in [1.807, 2.05) is 13.0 Å². The van der Waals surface area contributed by atoms with Crippen molar-refractivity contribution in [2.24, 2.45) is 5.73 Å². The van der Waals surface area contributed by atoms with Gasteiger partial charge in [-0.25, -0.2) is 0 Å². The molecule has 1 amide bonds. The third-order valence-corrected chi connectivity index (χ3v) is 2.96. The Morgan fingerprint density at radius 2 is 1.94 bits per heavy atom. The van der Waals surface area contributed by atoms with Crippen LogP contribution >= 0.6 is 23.2 Å². The molecule has 0 heterocycles. The quantitative estimate of drug-likeness (QED) is 0.878. The maximum atomic E-state index is 11.4. The lowest BCUT2D eigenvalue weighted by molar-refractivity contribution is -0.122. The molecule has 5 heteroatoms. The molecule has 2 atom stereocenters. The van der Waals surface area contributed by atoms with E-state index in [1.165, 1.54) is 0 Å². The summed E-state index contributed by atoms with van der Waals surface area (Å²) in [6, 6.07) is 4.59. The third kappa shape index (κ3) is 3.37. The molecular formula is C11H14Cl2N2O. The van der Waals surface area contributed by atoms with Crippen LogP contribution < -0.4 is 11.1 Å². The maximum Gasteiger partial charge on any atom is 0.237 e. The van der Waals surface area contributed by atoms with Crippen molar-refractivity contribution in [1.29, 1.82) is 0 Å². The maximum absolute atomic E-state index is 11.4. The average molecular weight is 261 g/mol. The summed E-state index contributed by atoms with van der Waals surface area (Å²) < 4.78 is 0. The zero-order valence-electron chi connectivity index (χ0n) is 9.13. The number of benzene rings is 1. The van der Waals surface area contributed by atoms with Gasteiger partial charge in [0, 0.05) is 0 Å². The zero-order valence-corrected chi connectivity index (χ0v) is 10.6. The molecule has 0 aromatic heterocycles. The van der Waals surface area contributed by atoms with Crippen LogP contribution in [0, 0.1) is 0 Å². The van der Waals surface area contributed by atoms with E-state index in [1.54, 1.807) is 19.1 Å². The van der Waals surface area contributed by atoms with E-state index < -0.39 is 6.04 Å². The molecule has 3 nitrogen and oxygen atoms in total. The summed E-state index contributed by atoms with van der Waals surface area (Å²) in [4.78, 5) is 11.4. The summed E-state index contributed by atoms with van der Waals surface area (Å²) in [6.07, 6.45) is 0. The van der Waals surface area contributed by atoms with E-state index in [9.17, 15) is 4.79 Å². The molecule has 1 rings (SSSR count). The molecule has 0 saturated carbocycles. The number of rotatable bonds is 3. The molecule has 1 aromatic carbocycles. The van der Waals surface area contributed by atoms with E-state index >= 15 is 0 Å². The Morgan fingerprint density at radius 1 is 1.31 bits per heavy atom. The summed E-state index contributed by atoms with van der Waals surface area (Å²) in [5.74, 6) is -0.196. The summed E-state index contributed by atoms with van der Waals surface area (Å²) in [6.45, 7) is 3.50. The van der Waals surface area contributed by atoms with Crippen molar-refractivity contribution in [1.82, 2.24) is 5.32 Å². The second kappa shape index (κ2) is 5.53. The van der Waals surface area contributed by atoms with Crippen LogP contribution in [-0.4, -0.2) is 11.9 Å². The van der Waals surface area contributed by atoms with Gasteiger partial charge in [0.2, 0.25) is 5.91 Å². The van der Waals surface area contributed by atoms with Crippen LogP contribution in [-0.2, 0) is 4.79 Å². The van der Waals surface area contributed by atoms with E-state index in [0.29, 0.717) is 10.0 Å². The number of nitrogens with two attached hydrogens (primary N) is 1. The average Bonchev–Trinajstić information content (AvgIpc) is 2.21. The first kappa shape index (κ1) is 13.3. The Hall–Kier alpha value is -0.770. The molecule has 0 saturated heterocycles. The zero-order chi connectivity index (χ0) is 12.3. The number of amides is 1. The van der Waals surface area contributed by atoms with Crippen LogP contribution in [0.5, 0.6) is 0 Å². The summed E-state index contributed by atoms with van der Waals surface area (Å²) in [5.41, 5.74) is 6.35. The summed E-state index contributed by atoms with van der Waals surface area (Å²) in [7, 11) is 0. The molecule has 0 aliphatic heterocycles. The van der Waals surface area contributed by atoms with Crippen molar-refractivity contribution >= 4 is 29.1 Å². The fourth-order valence-electron chi connectivity index (χ4n) is 1.21. The highest BCUT2D eigenvalue weighted by molar-refractivity contribution is 6.42. The van der Waals surface area contributed by atoms with Gasteiger partial charge >= 0.3 is 0 Å². The Bertz CT molecular complexity index is 394.